The number of allylic oxidation sites excluding steroid dienone is 1. The van der Waals surface area contributed by atoms with Crippen molar-refractivity contribution in [2.45, 2.75) is 113 Å². The molecule has 3 heterocycles. The maximum absolute atomic E-state index is 14.6. The molecule has 1 spiro atoms. The monoisotopic (exact) mass is 729 g/mol. The molecule has 3 amide bonds. The SMILES string of the molecule is C=CCCC(=O)N[C@H](C)[C@@H](OC(=O)[C@@H]1[C@H]2O[C@@]3(CC2Br)[C@H](C(=O)N(CC=C)C(C)(C)C)N(CCCCCCO)C(=O)[C@@H]13)c1ccccc1. The molecule has 0 radical (unpaired) electrons. The van der Waals surface area contributed by atoms with Gasteiger partial charge in [0.15, 0.2) is 0 Å². The minimum absolute atomic E-state index is 0.101. The first kappa shape index (κ1) is 37.8. The Morgan fingerprint density at radius 2 is 1.85 bits per heavy atom. The van der Waals surface area contributed by atoms with E-state index in [1.807, 2.05) is 51.1 Å². The Labute approximate surface area is 293 Å². The number of rotatable bonds is 17. The third kappa shape index (κ3) is 7.73. The molecule has 0 aromatic heterocycles. The Morgan fingerprint density at radius 1 is 1.17 bits per heavy atom. The van der Waals surface area contributed by atoms with E-state index in [1.165, 1.54) is 0 Å². The van der Waals surface area contributed by atoms with Gasteiger partial charge < -0.3 is 29.7 Å². The van der Waals surface area contributed by atoms with Gasteiger partial charge in [0.2, 0.25) is 17.7 Å². The second-order valence-electron chi connectivity index (χ2n) is 14.2. The molecule has 4 rings (SSSR count). The van der Waals surface area contributed by atoms with Gasteiger partial charge in [0.1, 0.15) is 17.7 Å². The number of likely N-dealkylation sites (tertiary alicyclic amines) is 1. The van der Waals surface area contributed by atoms with Crippen molar-refractivity contribution in [1.29, 1.82) is 0 Å². The lowest BCUT2D eigenvalue weighted by atomic mass is 9.70. The lowest BCUT2D eigenvalue weighted by molar-refractivity contribution is -0.162. The Morgan fingerprint density at radius 3 is 2.48 bits per heavy atom. The first-order valence-corrected chi connectivity index (χ1v) is 18.0. The Kier molecular flexibility index (Phi) is 12.7. The van der Waals surface area contributed by atoms with Crippen molar-refractivity contribution in [2.75, 3.05) is 19.7 Å². The van der Waals surface area contributed by atoms with Crippen molar-refractivity contribution in [1.82, 2.24) is 15.1 Å². The van der Waals surface area contributed by atoms with Crippen LogP contribution in [0.2, 0.25) is 0 Å². The molecular weight excluding hydrogens is 678 g/mol. The molecule has 2 N–H and O–H groups in total. The number of aliphatic hydroxyl groups excluding tert-OH is 1. The van der Waals surface area contributed by atoms with Gasteiger partial charge in [0.25, 0.3) is 0 Å². The van der Waals surface area contributed by atoms with E-state index in [9.17, 15) is 24.3 Å². The molecule has 2 bridgehead atoms. The predicted molar refractivity (Wildman–Crippen MR) is 187 cm³/mol. The number of halogens is 1. The van der Waals surface area contributed by atoms with Crippen LogP contribution in [-0.4, -0.2) is 92.4 Å². The molecule has 1 aromatic carbocycles. The Hall–Kier alpha value is -3.02. The second-order valence-corrected chi connectivity index (χ2v) is 15.4. The van der Waals surface area contributed by atoms with E-state index in [0.717, 1.165) is 12.8 Å². The number of unbranched alkanes of at least 4 members (excludes halogenated alkanes) is 3. The Bertz CT molecular complexity index is 1330. The van der Waals surface area contributed by atoms with Gasteiger partial charge in [-0.25, -0.2) is 0 Å². The van der Waals surface area contributed by atoms with Crippen LogP contribution in [0.15, 0.2) is 55.6 Å². The van der Waals surface area contributed by atoms with Gasteiger partial charge in [-0.15, -0.1) is 13.2 Å². The molecule has 48 heavy (non-hydrogen) atoms. The van der Waals surface area contributed by atoms with Crippen molar-refractivity contribution < 1.29 is 33.8 Å². The zero-order valence-corrected chi connectivity index (χ0v) is 30.3. The lowest BCUT2D eigenvalue weighted by Crippen LogP contribution is -2.60. The largest absolute Gasteiger partial charge is 0.455 e. The van der Waals surface area contributed by atoms with E-state index in [-0.39, 0.29) is 35.6 Å². The van der Waals surface area contributed by atoms with Crippen LogP contribution in [0.1, 0.15) is 84.3 Å². The van der Waals surface area contributed by atoms with Crippen LogP contribution in [0, 0.1) is 11.8 Å². The molecule has 11 heteroatoms. The van der Waals surface area contributed by atoms with Gasteiger partial charge in [-0.3, -0.25) is 19.2 Å². The van der Waals surface area contributed by atoms with Crippen LogP contribution in [0.5, 0.6) is 0 Å². The minimum atomic E-state index is -1.22. The number of nitrogens with one attached hydrogen (secondary N) is 1. The summed E-state index contributed by atoms with van der Waals surface area (Å²) in [6.07, 6.45) is 5.91. The highest BCUT2D eigenvalue weighted by Gasteiger charge is 2.77. The molecule has 264 valence electrons. The third-order valence-electron chi connectivity index (χ3n) is 9.78. The number of carbonyl (C=O) groups excluding carboxylic acids is 4. The molecular formula is C37H52BrN3O7. The van der Waals surface area contributed by atoms with E-state index in [4.69, 9.17) is 9.47 Å². The summed E-state index contributed by atoms with van der Waals surface area (Å²) in [7, 11) is 0. The van der Waals surface area contributed by atoms with E-state index in [0.29, 0.717) is 44.3 Å². The fourth-order valence-electron chi connectivity index (χ4n) is 7.58. The Balaban J connectivity index is 1.69. The second kappa shape index (κ2) is 16.1. The average molecular weight is 731 g/mol. The molecule has 8 atom stereocenters. The van der Waals surface area contributed by atoms with Gasteiger partial charge in [-0.05, 0) is 58.9 Å². The topological polar surface area (TPSA) is 125 Å². The number of aliphatic hydroxyl groups is 1. The number of fused-ring (bicyclic) bond motifs is 1. The summed E-state index contributed by atoms with van der Waals surface area (Å²) in [4.78, 5) is 59.2. The van der Waals surface area contributed by atoms with Crippen LogP contribution < -0.4 is 5.32 Å². The van der Waals surface area contributed by atoms with Gasteiger partial charge in [-0.1, -0.05) is 71.3 Å². The summed E-state index contributed by atoms with van der Waals surface area (Å²) < 4.78 is 13.0. The number of benzene rings is 1. The van der Waals surface area contributed by atoms with E-state index >= 15 is 0 Å². The highest BCUT2D eigenvalue weighted by Crippen LogP contribution is 2.60. The van der Waals surface area contributed by atoms with Crippen LogP contribution in [-0.2, 0) is 28.7 Å². The predicted octanol–water partition coefficient (Wildman–Crippen LogP) is 4.86. The van der Waals surface area contributed by atoms with Gasteiger partial charge in [0, 0.05) is 36.5 Å². The molecule has 1 unspecified atom stereocenters. The number of hydrogen-bond donors (Lipinski definition) is 2. The molecule has 0 aliphatic carbocycles. The lowest BCUT2D eigenvalue weighted by Gasteiger charge is -2.42. The van der Waals surface area contributed by atoms with Crippen molar-refractivity contribution in [2.24, 2.45) is 11.8 Å². The van der Waals surface area contributed by atoms with Crippen molar-refractivity contribution in [3.8, 4) is 0 Å². The van der Waals surface area contributed by atoms with Gasteiger partial charge in [-0.2, -0.15) is 0 Å². The molecule has 3 aliphatic heterocycles. The quantitative estimate of drug-likeness (QED) is 0.102. The number of alkyl halides is 1. The summed E-state index contributed by atoms with van der Waals surface area (Å²) in [5, 5.41) is 12.2. The number of esters is 1. The fraction of sp³-hybridized carbons (Fsp3) is 0.622. The first-order chi connectivity index (χ1) is 22.8. The zero-order chi connectivity index (χ0) is 35.2. The molecule has 1 aromatic rings. The standard InChI is InChI=1S/C37H52BrN3O7/c1-7-9-19-27(43)39-24(3)30(25-17-13-12-14-18-25)47-35(46)28-29-33(44)40(21-15-10-11-16-22-42)32(37(29)23-26(38)31(28)48-37)34(45)41(20-8-2)36(4,5)6/h7-8,12-14,17-18,24,26,28-32,42H,1-2,9-11,15-16,19-23H2,3-6H3,(H,39,43)/t24-,26?,28+,29-,30-,31+,32+,37-/m1/s1. The van der Waals surface area contributed by atoms with Crippen molar-refractivity contribution in [3.05, 3.63) is 61.2 Å². The average Bonchev–Trinajstić information content (AvgIpc) is 3.63. The van der Waals surface area contributed by atoms with Gasteiger partial charge >= 0.3 is 5.97 Å². The maximum atomic E-state index is 14.6. The van der Waals surface area contributed by atoms with E-state index in [2.05, 4.69) is 34.4 Å². The molecule has 10 nitrogen and oxygen atoms in total. The number of ether oxygens (including phenoxy) is 2. The third-order valence-corrected chi connectivity index (χ3v) is 10.6. The zero-order valence-electron chi connectivity index (χ0n) is 28.7. The maximum Gasteiger partial charge on any atom is 0.313 e. The fourth-order valence-corrected chi connectivity index (χ4v) is 8.52. The molecule has 3 fully saturated rings. The normalized spacial score (nSPS) is 27.2. The van der Waals surface area contributed by atoms with E-state index < -0.39 is 53.2 Å². The number of hydrogen-bond acceptors (Lipinski definition) is 7. The van der Waals surface area contributed by atoms with Gasteiger partial charge in [0.05, 0.1) is 24.0 Å². The first-order valence-electron chi connectivity index (χ1n) is 17.1. The molecule has 3 aliphatic rings. The number of amides is 3. The number of nitrogens with zero attached hydrogens (tertiary/aromatic N) is 2. The smallest absolute Gasteiger partial charge is 0.313 e. The summed E-state index contributed by atoms with van der Waals surface area (Å²) in [6.45, 7) is 15.9. The molecule has 3 saturated heterocycles. The highest BCUT2D eigenvalue weighted by molar-refractivity contribution is 9.09. The molecule has 0 saturated carbocycles. The highest BCUT2D eigenvalue weighted by atomic mass is 79.9. The van der Waals surface area contributed by atoms with Crippen LogP contribution in [0.3, 0.4) is 0 Å². The summed E-state index contributed by atoms with van der Waals surface area (Å²) in [5.74, 6) is -3.17. The minimum Gasteiger partial charge on any atom is -0.455 e. The summed E-state index contributed by atoms with van der Waals surface area (Å²) >= 11 is 3.74. The summed E-state index contributed by atoms with van der Waals surface area (Å²) in [6, 6.07) is 7.72. The summed E-state index contributed by atoms with van der Waals surface area (Å²) in [5.41, 5.74) is -1.08. The van der Waals surface area contributed by atoms with Crippen LogP contribution in [0.25, 0.3) is 0 Å². The van der Waals surface area contributed by atoms with Crippen molar-refractivity contribution >= 4 is 39.6 Å². The van der Waals surface area contributed by atoms with Crippen LogP contribution in [0.4, 0.5) is 0 Å². The van der Waals surface area contributed by atoms with Crippen LogP contribution >= 0.6 is 15.9 Å². The van der Waals surface area contributed by atoms with E-state index in [1.54, 1.807) is 28.9 Å². The number of carbonyl (C=O) groups is 4. The van der Waals surface area contributed by atoms with Crippen molar-refractivity contribution in [3.63, 3.8) is 0 Å².